The van der Waals surface area contributed by atoms with Crippen LogP contribution in [-0.4, -0.2) is 35.6 Å². The van der Waals surface area contributed by atoms with Gasteiger partial charge in [-0.3, -0.25) is 4.79 Å². The van der Waals surface area contributed by atoms with Gasteiger partial charge in [0.05, 0.1) is 11.5 Å². The maximum Gasteiger partial charge on any atom is 0.231 e. The summed E-state index contributed by atoms with van der Waals surface area (Å²) in [6, 6.07) is 0. The van der Waals surface area contributed by atoms with E-state index in [2.05, 4.69) is 0 Å². The summed E-state index contributed by atoms with van der Waals surface area (Å²) >= 11 is 0. The normalized spacial score (nSPS) is 35.6. The summed E-state index contributed by atoms with van der Waals surface area (Å²) in [6.45, 7) is 0.527. The van der Waals surface area contributed by atoms with Crippen molar-refractivity contribution in [1.29, 1.82) is 0 Å². The van der Waals surface area contributed by atoms with E-state index in [1.807, 2.05) is 0 Å². The van der Waals surface area contributed by atoms with E-state index in [1.165, 1.54) is 0 Å². The third-order valence-corrected chi connectivity index (χ3v) is 2.65. The minimum atomic E-state index is -0.398. The molecule has 0 unspecified atom stereocenters. The number of amides is 1. The molecule has 1 saturated heterocycles. The Hall–Kier alpha value is -0.570. The number of aliphatic hydroxyl groups excluding tert-OH is 1. The third kappa shape index (κ3) is 0.515. The van der Waals surface area contributed by atoms with Crippen molar-refractivity contribution < 1.29 is 9.90 Å². The highest BCUT2D eigenvalue weighted by molar-refractivity contribution is 5.88. The van der Waals surface area contributed by atoms with Crippen LogP contribution in [0.2, 0.25) is 0 Å². The molecule has 56 valence electrons. The lowest BCUT2D eigenvalue weighted by atomic mass is 10.0. The van der Waals surface area contributed by atoms with Gasteiger partial charge in [0.25, 0.3) is 0 Å². The number of rotatable bonds is 0. The molecule has 10 heavy (non-hydrogen) atoms. The van der Waals surface area contributed by atoms with Gasteiger partial charge in [-0.05, 0) is 12.8 Å². The Morgan fingerprint density at radius 3 is 2.50 bits per heavy atom. The molecule has 1 N–H and O–H groups in total. The van der Waals surface area contributed by atoms with Crippen LogP contribution in [0.1, 0.15) is 12.8 Å². The van der Waals surface area contributed by atoms with Crippen LogP contribution < -0.4 is 0 Å². The number of aliphatic hydroxyl groups is 1. The second kappa shape index (κ2) is 1.53. The van der Waals surface area contributed by atoms with Gasteiger partial charge < -0.3 is 10.0 Å². The molecule has 2 fully saturated rings. The van der Waals surface area contributed by atoms with Crippen molar-refractivity contribution in [3.05, 3.63) is 0 Å². The Morgan fingerprint density at radius 1 is 1.70 bits per heavy atom. The van der Waals surface area contributed by atoms with Crippen molar-refractivity contribution >= 4 is 5.91 Å². The van der Waals surface area contributed by atoms with Crippen molar-refractivity contribution in [3.63, 3.8) is 0 Å². The zero-order chi connectivity index (χ0) is 7.35. The molecule has 3 nitrogen and oxygen atoms in total. The van der Waals surface area contributed by atoms with Crippen LogP contribution in [0.5, 0.6) is 0 Å². The van der Waals surface area contributed by atoms with Gasteiger partial charge in [-0.15, -0.1) is 0 Å². The van der Waals surface area contributed by atoms with E-state index in [4.69, 9.17) is 0 Å². The number of hydrogen-bond acceptors (Lipinski definition) is 2. The van der Waals surface area contributed by atoms with E-state index < -0.39 is 6.10 Å². The smallest absolute Gasteiger partial charge is 0.231 e. The predicted molar refractivity (Wildman–Crippen MR) is 35.3 cm³/mol. The number of carbonyl (C=O) groups excluding carboxylic acids is 1. The first-order chi connectivity index (χ1) is 4.67. The molecule has 3 heteroatoms. The second-order valence-corrected chi connectivity index (χ2v) is 3.36. The van der Waals surface area contributed by atoms with E-state index >= 15 is 0 Å². The molecule has 1 aliphatic heterocycles. The molecule has 1 saturated carbocycles. The van der Waals surface area contributed by atoms with Crippen LogP contribution in [0.25, 0.3) is 0 Å². The lowest BCUT2D eigenvalue weighted by Crippen LogP contribution is -2.24. The fourth-order valence-electron chi connectivity index (χ4n) is 1.72. The van der Waals surface area contributed by atoms with E-state index in [-0.39, 0.29) is 11.3 Å². The van der Waals surface area contributed by atoms with Crippen molar-refractivity contribution in [2.45, 2.75) is 18.9 Å². The van der Waals surface area contributed by atoms with Gasteiger partial charge in [0.15, 0.2) is 0 Å². The molecule has 1 aliphatic carbocycles. The first-order valence-electron chi connectivity index (χ1n) is 3.60. The third-order valence-electron chi connectivity index (χ3n) is 2.65. The lowest BCUT2D eigenvalue weighted by molar-refractivity contribution is -0.131. The van der Waals surface area contributed by atoms with Crippen LogP contribution in [0, 0.1) is 5.41 Å². The van der Waals surface area contributed by atoms with E-state index in [9.17, 15) is 9.90 Å². The molecule has 0 aromatic heterocycles. The van der Waals surface area contributed by atoms with Gasteiger partial charge >= 0.3 is 0 Å². The standard InChI is InChI=1S/C7H11NO2/c1-8-4-5(9)7(2-3-7)6(8)10/h5,9H,2-4H2,1H3/t5-/m0/s1. The SMILES string of the molecule is CN1C[C@H](O)C2(CC2)C1=O. The second-order valence-electron chi connectivity index (χ2n) is 3.36. The molecular formula is C7H11NO2. The minimum absolute atomic E-state index is 0.139. The summed E-state index contributed by atoms with van der Waals surface area (Å²) in [5, 5.41) is 9.40. The summed E-state index contributed by atoms with van der Waals surface area (Å²) in [7, 11) is 1.75. The van der Waals surface area contributed by atoms with Crippen LogP contribution in [0.3, 0.4) is 0 Å². The van der Waals surface area contributed by atoms with E-state index in [1.54, 1.807) is 11.9 Å². The number of carbonyl (C=O) groups is 1. The topological polar surface area (TPSA) is 40.5 Å². The molecule has 1 spiro atoms. The van der Waals surface area contributed by atoms with Crippen molar-refractivity contribution in [2.75, 3.05) is 13.6 Å². The number of nitrogens with zero attached hydrogens (tertiary/aromatic N) is 1. The Kier molecular flexibility index (Phi) is 0.944. The van der Waals surface area contributed by atoms with Crippen LogP contribution in [-0.2, 0) is 4.79 Å². The van der Waals surface area contributed by atoms with Crippen molar-refractivity contribution in [2.24, 2.45) is 5.41 Å². The van der Waals surface area contributed by atoms with Crippen molar-refractivity contribution in [3.8, 4) is 0 Å². The van der Waals surface area contributed by atoms with Gasteiger partial charge in [-0.25, -0.2) is 0 Å². The molecule has 1 heterocycles. The summed E-state index contributed by atoms with van der Waals surface area (Å²) in [6.07, 6.45) is 1.37. The first kappa shape index (κ1) is 6.16. The van der Waals surface area contributed by atoms with Crippen LogP contribution in [0.4, 0.5) is 0 Å². The molecule has 0 aromatic carbocycles. The van der Waals surface area contributed by atoms with Gasteiger partial charge in [-0.2, -0.15) is 0 Å². The average Bonchev–Trinajstić information content (AvgIpc) is 2.61. The highest BCUT2D eigenvalue weighted by Crippen LogP contribution is 2.53. The largest absolute Gasteiger partial charge is 0.390 e. The highest BCUT2D eigenvalue weighted by atomic mass is 16.3. The number of β-amino-alcohol motifs (C(OH)–C–C–N with tert-alkyl or cyclic N) is 1. The van der Waals surface area contributed by atoms with Gasteiger partial charge in [0.1, 0.15) is 0 Å². The molecule has 0 radical (unpaired) electrons. The van der Waals surface area contributed by atoms with Gasteiger partial charge in [0, 0.05) is 13.6 Å². The van der Waals surface area contributed by atoms with E-state index in [0.717, 1.165) is 12.8 Å². The highest BCUT2D eigenvalue weighted by Gasteiger charge is 2.60. The number of likely N-dealkylation sites (tertiary alicyclic amines) is 1. The van der Waals surface area contributed by atoms with Gasteiger partial charge in [-0.1, -0.05) is 0 Å². The molecule has 0 bridgehead atoms. The Bertz CT molecular complexity index is 186. The zero-order valence-electron chi connectivity index (χ0n) is 6.00. The number of hydrogen-bond donors (Lipinski definition) is 1. The Morgan fingerprint density at radius 2 is 2.30 bits per heavy atom. The minimum Gasteiger partial charge on any atom is -0.390 e. The Balaban J connectivity index is 2.27. The quantitative estimate of drug-likeness (QED) is 0.498. The summed E-state index contributed by atoms with van der Waals surface area (Å²) in [4.78, 5) is 12.9. The number of likely N-dealkylation sites (N-methyl/N-ethyl adjacent to an activating group) is 1. The summed E-state index contributed by atoms with van der Waals surface area (Å²) in [5.41, 5.74) is -0.325. The predicted octanol–water partition coefficient (Wildman–Crippen LogP) is -0.401. The molecule has 2 aliphatic rings. The van der Waals surface area contributed by atoms with Gasteiger partial charge in [0.2, 0.25) is 5.91 Å². The molecule has 1 atom stereocenters. The molecular weight excluding hydrogens is 130 g/mol. The fraction of sp³-hybridized carbons (Fsp3) is 0.857. The van der Waals surface area contributed by atoms with Crippen LogP contribution >= 0.6 is 0 Å². The summed E-state index contributed by atoms with van der Waals surface area (Å²) in [5.74, 6) is 0.139. The molecule has 1 amide bonds. The van der Waals surface area contributed by atoms with Crippen molar-refractivity contribution in [1.82, 2.24) is 4.90 Å². The lowest BCUT2D eigenvalue weighted by Gasteiger charge is -2.06. The molecule has 0 aromatic rings. The summed E-state index contributed by atoms with van der Waals surface area (Å²) < 4.78 is 0. The zero-order valence-corrected chi connectivity index (χ0v) is 6.00. The van der Waals surface area contributed by atoms with E-state index in [0.29, 0.717) is 6.54 Å². The average molecular weight is 141 g/mol. The monoisotopic (exact) mass is 141 g/mol. The first-order valence-corrected chi connectivity index (χ1v) is 3.60. The maximum atomic E-state index is 11.3. The molecule has 2 rings (SSSR count). The van der Waals surface area contributed by atoms with Crippen LogP contribution in [0.15, 0.2) is 0 Å². The Labute approximate surface area is 59.6 Å². The maximum absolute atomic E-state index is 11.3. The fourth-order valence-corrected chi connectivity index (χ4v) is 1.72.